The van der Waals surface area contributed by atoms with Crippen molar-refractivity contribution in [3.05, 3.63) is 40.4 Å². The van der Waals surface area contributed by atoms with Crippen LogP contribution in [0.25, 0.3) is 16.7 Å². The molecule has 2 atom stereocenters. The lowest BCUT2D eigenvalue weighted by Crippen LogP contribution is -2.47. The minimum atomic E-state index is -0.529. The zero-order valence-corrected chi connectivity index (χ0v) is 20.1. The summed E-state index contributed by atoms with van der Waals surface area (Å²) >= 11 is 12.7. The van der Waals surface area contributed by atoms with Gasteiger partial charge in [-0.25, -0.2) is 4.98 Å². The van der Waals surface area contributed by atoms with E-state index in [0.717, 1.165) is 67.4 Å². The number of halogens is 2. The normalized spacial score (nSPS) is 21.5. The number of aliphatic hydroxyl groups is 1. The third kappa shape index (κ3) is 4.07. The molecule has 1 aromatic heterocycles. The molecule has 2 N–H and O–H groups in total. The Hall–Kier alpha value is -2.23. The van der Waals surface area contributed by atoms with Crippen LogP contribution in [0.15, 0.2) is 30.3 Å². The van der Waals surface area contributed by atoms with Crippen LogP contribution in [-0.4, -0.2) is 60.0 Å². The first-order chi connectivity index (χ1) is 16.6. The number of nitrogens with zero attached hydrogens (tertiary/aromatic N) is 3. The van der Waals surface area contributed by atoms with Gasteiger partial charge in [0.1, 0.15) is 6.23 Å². The summed E-state index contributed by atoms with van der Waals surface area (Å²) in [7, 11) is 0. The largest absolute Gasteiger partial charge is 0.454 e. The van der Waals surface area contributed by atoms with Crippen molar-refractivity contribution in [1.82, 2.24) is 14.9 Å². The van der Waals surface area contributed by atoms with Crippen LogP contribution in [-0.2, 0) is 4.74 Å². The summed E-state index contributed by atoms with van der Waals surface area (Å²) in [4.78, 5) is 7.20. The number of ether oxygens (including phenoxy) is 3. The fraction of sp³-hybridized carbons (Fsp3) is 0.458. The Labute approximate surface area is 207 Å². The molecule has 0 spiro atoms. The van der Waals surface area contributed by atoms with Gasteiger partial charge in [-0.15, -0.1) is 0 Å². The SMILES string of the molecule is OC(NC1CCOC1)C1CCN(c2nc3cc(Cl)c(Cl)cc3n2-c2ccc3c(c2)OCO3)CC1. The first kappa shape index (κ1) is 22.2. The second-order valence-electron chi connectivity index (χ2n) is 9.04. The van der Waals surface area contributed by atoms with E-state index in [9.17, 15) is 5.11 Å². The molecule has 180 valence electrons. The van der Waals surface area contributed by atoms with Crippen molar-refractivity contribution < 1.29 is 19.3 Å². The standard InChI is InChI=1S/C24H26Cl2N4O4/c25-17-10-19-20(11-18(17)26)30(16-1-2-21-22(9-16)34-13-33-21)24(28-19)29-6-3-14(4-7-29)23(31)27-15-5-8-32-12-15/h1-2,9-11,14-15,23,27,31H,3-8,12-13H2. The average molecular weight is 505 g/mol. The van der Waals surface area contributed by atoms with Gasteiger partial charge < -0.3 is 24.2 Å². The Bertz CT molecular complexity index is 1210. The third-order valence-electron chi connectivity index (χ3n) is 6.90. The van der Waals surface area contributed by atoms with E-state index in [-0.39, 0.29) is 18.8 Å². The lowest BCUT2D eigenvalue weighted by Gasteiger charge is -2.36. The molecule has 0 aliphatic carbocycles. The second-order valence-corrected chi connectivity index (χ2v) is 9.85. The van der Waals surface area contributed by atoms with Gasteiger partial charge >= 0.3 is 0 Å². The molecule has 0 saturated carbocycles. The van der Waals surface area contributed by atoms with Gasteiger partial charge in [0.25, 0.3) is 0 Å². The number of benzene rings is 2. The van der Waals surface area contributed by atoms with Crippen molar-refractivity contribution in [2.24, 2.45) is 5.92 Å². The van der Waals surface area contributed by atoms with Crippen LogP contribution in [0, 0.1) is 5.92 Å². The van der Waals surface area contributed by atoms with Gasteiger partial charge in [0, 0.05) is 37.7 Å². The highest BCUT2D eigenvalue weighted by Crippen LogP contribution is 2.38. The fourth-order valence-corrected chi connectivity index (χ4v) is 5.33. The molecule has 0 amide bonds. The summed E-state index contributed by atoms with van der Waals surface area (Å²) < 4.78 is 18.6. The van der Waals surface area contributed by atoms with Crippen LogP contribution in [0.1, 0.15) is 19.3 Å². The smallest absolute Gasteiger partial charge is 0.231 e. The van der Waals surface area contributed by atoms with Gasteiger partial charge in [-0.3, -0.25) is 9.88 Å². The molecule has 0 bridgehead atoms. The second kappa shape index (κ2) is 9.09. The van der Waals surface area contributed by atoms with Crippen molar-refractivity contribution in [1.29, 1.82) is 0 Å². The van der Waals surface area contributed by atoms with E-state index in [4.69, 9.17) is 42.4 Å². The number of hydrogen-bond donors (Lipinski definition) is 2. The number of rotatable bonds is 5. The Morgan fingerprint density at radius 1 is 1.03 bits per heavy atom. The first-order valence-corrected chi connectivity index (χ1v) is 12.4. The van der Waals surface area contributed by atoms with Gasteiger partial charge in [0.05, 0.1) is 33.4 Å². The van der Waals surface area contributed by atoms with Crippen LogP contribution in [0.4, 0.5) is 5.95 Å². The van der Waals surface area contributed by atoms with E-state index in [2.05, 4.69) is 14.8 Å². The highest BCUT2D eigenvalue weighted by Gasteiger charge is 2.30. The van der Waals surface area contributed by atoms with Gasteiger partial charge in [-0.2, -0.15) is 0 Å². The van der Waals surface area contributed by atoms with Crippen molar-refractivity contribution in [3.8, 4) is 17.2 Å². The molecule has 10 heteroatoms. The van der Waals surface area contributed by atoms with Crippen LogP contribution >= 0.6 is 23.2 Å². The predicted molar refractivity (Wildman–Crippen MR) is 131 cm³/mol. The summed E-state index contributed by atoms with van der Waals surface area (Å²) in [6, 6.07) is 9.74. The molecule has 6 rings (SSSR count). The Kier molecular flexibility index (Phi) is 5.95. The maximum atomic E-state index is 10.7. The topological polar surface area (TPSA) is 81.0 Å². The molecule has 3 aliphatic rings. The minimum absolute atomic E-state index is 0.184. The quantitative estimate of drug-likeness (QED) is 0.508. The van der Waals surface area contributed by atoms with Crippen LogP contribution in [0.5, 0.6) is 11.5 Å². The minimum Gasteiger partial charge on any atom is -0.454 e. The zero-order chi connectivity index (χ0) is 23.2. The number of hydrogen-bond acceptors (Lipinski definition) is 7. The van der Waals surface area contributed by atoms with Crippen LogP contribution < -0.4 is 19.7 Å². The van der Waals surface area contributed by atoms with E-state index in [1.807, 2.05) is 24.3 Å². The van der Waals surface area contributed by atoms with Crippen LogP contribution in [0.3, 0.4) is 0 Å². The average Bonchev–Trinajstić information content (AvgIpc) is 3.59. The van der Waals surface area contributed by atoms with E-state index in [1.54, 1.807) is 6.07 Å². The lowest BCUT2D eigenvalue weighted by atomic mass is 9.94. The number of aromatic nitrogens is 2. The van der Waals surface area contributed by atoms with Crippen molar-refractivity contribution in [2.45, 2.75) is 31.5 Å². The fourth-order valence-electron chi connectivity index (χ4n) is 5.01. The predicted octanol–water partition coefficient (Wildman–Crippen LogP) is 3.97. The Morgan fingerprint density at radius 2 is 1.82 bits per heavy atom. The molecule has 3 aliphatic heterocycles. The van der Waals surface area contributed by atoms with Gasteiger partial charge in [0.2, 0.25) is 12.7 Å². The number of anilines is 1. The maximum Gasteiger partial charge on any atom is 0.231 e. The van der Waals surface area contributed by atoms with Gasteiger partial charge in [0.15, 0.2) is 11.5 Å². The van der Waals surface area contributed by atoms with Gasteiger partial charge in [-0.1, -0.05) is 23.2 Å². The number of aliphatic hydroxyl groups excluding tert-OH is 1. The molecular weight excluding hydrogens is 479 g/mol. The molecule has 34 heavy (non-hydrogen) atoms. The van der Waals surface area contributed by atoms with E-state index < -0.39 is 6.23 Å². The molecule has 0 radical (unpaired) electrons. The number of fused-ring (bicyclic) bond motifs is 2. The molecule has 2 aromatic carbocycles. The zero-order valence-electron chi connectivity index (χ0n) is 18.5. The summed E-state index contributed by atoms with van der Waals surface area (Å²) in [6.45, 7) is 3.20. The molecule has 2 unspecified atom stereocenters. The van der Waals surface area contributed by atoms with E-state index in [1.165, 1.54) is 0 Å². The molecular formula is C24H26Cl2N4O4. The number of nitrogens with one attached hydrogen (secondary N) is 1. The lowest BCUT2D eigenvalue weighted by molar-refractivity contribution is 0.0484. The molecule has 3 aromatic rings. The van der Waals surface area contributed by atoms with E-state index >= 15 is 0 Å². The summed E-state index contributed by atoms with van der Waals surface area (Å²) in [5.41, 5.74) is 2.55. The van der Waals surface area contributed by atoms with Crippen molar-refractivity contribution in [3.63, 3.8) is 0 Å². The van der Waals surface area contributed by atoms with Crippen molar-refractivity contribution in [2.75, 3.05) is 38.0 Å². The number of piperidine rings is 1. The van der Waals surface area contributed by atoms with Gasteiger partial charge in [-0.05, 0) is 43.5 Å². The number of imidazole rings is 1. The highest BCUT2D eigenvalue weighted by molar-refractivity contribution is 6.42. The summed E-state index contributed by atoms with van der Waals surface area (Å²) in [5, 5.41) is 15.0. The molecule has 8 nitrogen and oxygen atoms in total. The monoisotopic (exact) mass is 504 g/mol. The maximum absolute atomic E-state index is 10.7. The Morgan fingerprint density at radius 3 is 2.62 bits per heavy atom. The van der Waals surface area contributed by atoms with Crippen LogP contribution in [0.2, 0.25) is 10.0 Å². The molecule has 2 saturated heterocycles. The van der Waals surface area contributed by atoms with Crippen molar-refractivity contribution >= 4 is 40.2 Å². The molecule has 4 heterocycles. The third-order valence-corrected chi connectivity index (χ3v) is 7.62. The Balaban J connectivity index is 1.30. The summed E-state index contributed by atoms with van der Waals surface area (Å²) in [5.74, 6) is 2.43. The highest BCUT2D eigenvalue weighted by atomic mass is 35.5. The van der Waals surface area contributed by atoms with E-state index in [0.29, 0.717) is 22.4 Å². The first-order valence-electron chi connectivity index (χ1n) is 11.6. The molecule has 2 fully saturated rings. The summed E-state index contributed by atoms with van der Waals surface area (Å²) in [6.07, 6.45) is 2.13.